The van der Waals surface area contributed by atoms with Gasteiger partial charge in [-0.1, -0.05) is 0 Å². The van der Waals surface area contributed by atoms with E-state index in [1.807, 2.05) is 0 Å². The summed E-state index contributed by atoms with van der Waals surface area (Å²) in [6.45, 7) is 4.48. The van der Waals surface area contributed by atoms with Crippen molar-refractivity contribution in [3.05, 3.63) is 23.8 Å². The molecule has 0 heterocycles. The van der Waals surface area contributed by atoms with E-state index < -0.39 is 20.7 Å². The van der Waals surface area contributed by atoms with E-state index in [0.717, 1.165) is 12.1 Å². The third kappa shape index (κ3) is 2.92. The number of aromatic hydroxyl groups is 1. The van der Waals surface area contributed by atoms with Crippen LogP contribution in [0.25, 0.3) is 0 Å². The molecule has 0 aliphatic rings. The van der Waals surface area contributed by atoms with Gasteiger partial charge in [-0.2, -0.15) is 0 Å². The molecule has 0 bridgehead atoms. The van der Waals surface area contributed by atoms with Gasteiger partial charge in [0.2, 0.25) is 10.0 Å². The standard InChI is InChI=1S/C11H15NO5S/c1-11(2,3)18(16,17)12-8-6-7(10(14)15)4-5-9(8)13/h4-6,12-13H,1-3H3,(H,14,15). The van der Waals surface area contributed by atoms with Gasteiger partial charge in [-0.05, 0) is 39.0 Å². The molecular weight excluding hydrogens is 258 g/mol. The lowest BCUT2D eigenvalue weighted by Crippen LogP contribution is -2.33. The molecular formula is C11H15NO5S. The van der Waals surface area contributed by atoms with Crippen LogP contribution in [0.4, 0.5) is 5.69 Å². The Kier molecular flexibility index (Phi) is 3.57. The highest BCUT2D eigenvalue weighted by Crippen LogP contribution is 2.28. The molecule has 0 radical (unpaired) electrons. The molecule has 0 aromatic heterocycles. The summed E-state index contributed by atoms with van der Waals surface area (Å²) >= 11 is 0. The molecule has 1 aromatic carbocycles. The maximum Gasteiger partial charge on any atom is 0.335 e. The number of rotatable bonds is 3. The second-order valence-electron chi connectivity index (χ2n) is 4.75. The van der Waals surface area contributed by atoms with E-state index in [0.29, 0.717) is 0 Å². The summed E-state index contributed by atoms with van der Waals surface area (Å²) in [6.07, 6.45) is 0. The Morgan fingerprint density at radius 2 is 1.83 bits per heavy atom. The molecule has 100 valence electrons. The molecule has 0 aliphatic carbocycles. The summed E-state index contributed by atoms with van der Waals surface area (Å²) in [5.74, 6) is -1.53. The first kappa shape index (κ1) is 14.3. The maximum atomic E-state index is 11.9. The minimum atomic E-state index is -3.72. The molecule has 0 fully saturated rings. The molecule has 0 saturated carbocycles. The minimum absolute atomic E-state index is 0.112. The van der Waals surface area contributed by atoms with Gasteiger partial charge in [-0.3, -0.25) is 4.72 Å². The van der Waals surface area contributed by atoms with Gasteiger partial charge in [0.15, 0.2) is 0 Å². The topological polar surface area (TPSA) is 104 Å². The Balaban J connectivity index is 3.20. The third-order valence-electron chi connectivity index (χ3n) is 2.29. The first-order valence-electron chi connectivity index (χ1n) is 5.13. The summed E-state index contributed by atoms with van der Waals surface area (Å²) in [4.78, 5) is 10.8. The zero-order valence-electron chi connectivity index (χ0n) is 10.3. The average molecular weight is 273 g/mol. The fourth-order valence-electron chi connectivity index (χ4n) is 1.05. The summed E-state index contributed by atoms with van der Waals surface area (Å²) < 4.78 is 24.9. The normalized spacial score (nSPS) is 12.2. The minimum Gasteiger partial charge on any atom is -0.506 e. The van der Waals surface area contributed by atoms with Crippen molar-refractivity contribution in [3.63, 3.8) is 0 Å². The van der Waals surface area contributed by atoms with Crippen LogP contribution < -0.4 is 4.72 Å². The van der Waals surface area contributed by atoms with E-state index in [1.165, 1.54) is 26.8 Å². The van der Waals surface area contributed by atoms with Crippen LogP contribution in [0.15, 0.2) is 18.2 Å². The third-order valence-corrected chi connectivity index (χ3v) is 4.40. The SMILES string of the molecule is CC(C)(C)S(=O)(=O)Nc1cc(C(=O)O)ccc1O. The number of carbonyl (C=O) groups is 1. The van der Waals surface area contributed by atoms with Crippen molar-refractivity contribution < 1.29 is 23.4 Å². The first-order chi connectivity index (χ1) is 8.04. The van der Waals surface area contributed by atoms with E-state index in [4.69, 9.17) is 5.11 Å². The van der Waals surface area contributed by atoms with Crippen LogP contribution in [0, 0.1) is 0 Å². The lowest BCUT2D eigenvalue weighted by molar-refractivity contribution is 0.0697. The van der Waals surface area contributed by atoms with Crippen molar-refractivity contribution >= 4 is 21.7 Å². The molecule has 18 heavy (non-hydrogen) atoms. The molecule has 0 unspecified atom stereocenters. The Hall–Kier alpha value is -1.76. The molecule has 0 atom stereocenters. The molecule has 6 nitrogen and oxygen atoms in total. The number of hydrogen-bond acceptors (Lipinski definition) is 4. The molecule has 7 heteroatoms. The van der Waals surface area contributed by atoms with E-state index in [2.05, 4.69) is 4.72 Å². The molecule has 0 amide bonds. The molecule has 1 aromatic rings. The number of benzene rings is 1. The highest BCUT2D eigenvalue weighted by atomic mass is 32.2. The smallest absolute Gasteiger partial charge is 0.335 e. The maximum absolute atomic E-state index is 11.9. The van der Waals surface area contributed by atoms with Crippen molar-refractivity contribution in [1.82, 2.24) is 0 Å². The van der Waals surface area contributed by atoms with Crippen LogP contribution in [-0.2, 0) is 10.0 Å². The van der Waals surface area contributed by atoms with Crippen LogP contribution in [0.3, 0.4) is 0 Å². The zero-order chi connectivity index (χ0) is 14.1. The monoisotopic (exact) mass is 273 g/mol. The Morgan fingerprint density at radius 1 is 1.28 bits per heavy atom. The van der Waals surface area contributed by atoms with Crippen molar-refractivity contribution in [2.45, 2.75) is 25.5 Å². The molecule has 0 spiro atoms. The number of carboxylic acids is 1. The van der Waals surface area contributed by atoms with Gasteiger partial charge in [0.25, 0.3) is 0 Å². The van der Waals surface area contributed by atoms with Crippen molar-refractivity contribution in [1.29, 1.82) is 0 Å². The lowest BCUT2D eigenvalue weighted by Gasteiger charge is -2.20. The predicted octanol–water partition coefficient (Wildman–Crippen LogP) is 1.63. The highest BCUT2D eigenvalue weighted by Gasteiger charge is 2.29. The highest BCUT2D eigenvalue weighted by molar-refractivity contribution is 7.94. The summed E-state index contributed by atoms with van der Waals surface area (Å²) in [5, 5.41) is 18.3. The molecule has 0 saturated heterocycles. The molecule has 1 rings (SSSR count). The Morgan fingerprint density at radius 3 is 2.28 bits per heavy atom. The van der Waals surface area contributed by atoms with E-state index >= 15 is 0 Å². The van der Waals surface area contributed by atoms with Crippen LogP contribution in [0.2, 0.25) is 0 Å². The fourth-order valence-corrected chi connectivity index (χ4v) is 1.81. The quantitative estimate of drug-likeness (QED) is 0.726. The fraction of sp³-hybridized carbons (Fsp3) is 0.364. The second kappa shape index (κ2) is 4.49. The number of sulfonamides is 1. The number of carboxylic acid groups (broad SMARTS) is 1. The lowest BCUT2D eigenvalue weighted by atomic mass is 10.2. The van der Waals surface area contributed by atoms with Gasteiger partial charge in [-0.25, -0.2) is 13.2 Å². The number of phenolic OH excluding ortho intramolecular Hbond substituents is 1. The van der Waals surface area contributed by atoms with Crippen LogP contribution in [0.5, 0.6) is 5.75 Å². The Labute approximate surface area is 105 Å². The largest absolute Gasteiger partial charge is 0.506 e. The van der Waals surface area contributed by atoms with Gasteiger partial charge >= 0.3 is 5.97 Å². The number of nitrogens with one attached hydrogen (secondary N) is 1. The number of aromatic carboxylic acids is 1. The van der Waals surface area contributed by atoms with Crippen molar-refractivity contribution in [2.75, 3.05) is 4.72 Å². The second-order valence-corrected chi connectivity index (χ2v) is 7.19. The zero-order valence-corrected chi connectivity index (χ0v) is 11.1. The van der Waals surface area contributed by atoms with Crippen molar-refractivity contribution in [3.8, 4) is 5.75 Å². The van der Waals surface area contributed by atoms with Crippen LogP contribution in [0.1, 0.15) is 31.1 Å². The van der Waals surface area contributed by atoms with E-state index in [9.17, 15) is 18.3 Å². The van der Waals surface area contributed by atoms with Crippen molar-refractivity contribution in [2.24, 2.45) is 0 Å². The average Bonchev–Trinajstić information content (AvgIpc) is 2.18. The molecule has 0 aliphatic heterocycles. The van der Waals surface area contributed by atoms with Gasteiger partial charge < -0.3 is 10.2 Å². The van der Waals surface area contributed by atoms with Gasteiger partial charge in [0, 0.05) is 0 Å². The summed E-state index contributed by atoms with van der Waals surface area (Å²) in [5.41, 5.74) is -0.260. The van der Waals surface area contributed by atoms with Crippen LogP contribution in [-0.4, -0.2) is 29.3 Å². The predicted molar refractivity (Wildman–Crippen MR) is 67.4 cm³/mol. The summed E-state index contributed by atoms with van der Waals surface area (Å²) in [6, 6.07) is 3.39. The first-order valence-corrected chi connectivity index (χ1v) is 6.61. The number of anilines is 1. The van der Waals surface area contributed by atoms with E-state index in [1.54, 1.807) is 0 Å². The Bertz CT molecular complexity index is 572. The number of hydrogen-bond donors (Lipinski definition) is 3. The van der Waals surface area contributed by atoms with Gasteiger partial charge in [-0.15, -0.1) is 0 Å². The van der Waals surface area contributed by atoms with Crippen LogP contribution >= 0.6 is 0 Å². The summed E-state index contributed by atoms with van der Waals surface area (Å²) in [7, 11) is -3.72. The number of phenols is 1. The molecule has 3 N–H and O–H groups in total. The van der Waals surface area contributed by atoms with Gasteiger partial charge in [0.05, 0.1) is 16.0 Å². The van der Waals surface area contributed by atoms with Gasteiger partial charge in [0.1, 0.15) is 5.75 Å². The van der Waals surface area contributed by atoms with E-state index in [-0.39, 0.29) is 17.0 Å².